The van der Waals surface area contributed by atoms with E-state index in [1.165, 1.54) is 0 Å². The zero-order chi connectivity index (χ0) is 52.2. The van der Waals surface area contributed by atoms with Gasteiger partial charge in [-0.15, -0.1) is 0 Å². The number of hydrogen-bond donors (Lipinski definition) is 3. The van der Waals surface area contributed by atoms with Crippen molar-refractivity contribution < 1.29 is 18.8 Å². The number of aromatic nitrogens is 2. The molecule has 7 aromatic rings. The minimum atomic E-state index is -0.176. The molecular weight excluding hydrogens is 927 g/mol. The lowest BCUT2D eigenvalue weighted by molar-refractivity contribution is -0.125. The number of carbonyl (C=O) groups is 3. The lowest BCUT2D eigenvalue weighted by Gasteiger charge is -2.34. The summed E-state index contributed by atoms with van der Waals surface area (Å²) in [5.41, 5.74) is 6.65. The van der Waals surface area contributed by atoms with Gasteiger partial charge in [-0.25, -0.2) is 9.97 Å². The summed E-state index contributed by atoms with van der Waals surface area (Å²) in [6, 6.07) is 44.5. The maximum atomic E-state index is 13.8. The maximum absolute atomic E-state index is 13.8. The number of amides is 3. The summed E-state index contributed by atoms with van der Waals surface area (Å²) in [7, 11) is 0. The van der Waals surface area contributed by atoms with Crippen molar-refractivity contribution in [1.82, 2.24) is 45.5 Å². The van der Waals surface area contributed by atoms with Crippen molar-refractivity contribution >= 4 is 39.8 Å². The van der Waals surface area contributed by atoms with E-state index in [4.69, 9.17) is 14.4 Å². The van der Waals surface area contributed by atoms with Crippen LogP contribution in [0.1, 0.15) is 87.6 Å². The topological polar surface area (TPSA) is 156 Å². The molecule has 0 bridgehead atoms. The highest BCUT2D eigenvalue weighted by molar-refractivity contribution is 5.89. The van der Waals surface area contributed by atoms with Crippen molar-refractivity contribution in [2.45, 2.75) is 71.6 Å². The van der Waals surface area contributed by atoms with Crippen LogP contribution in [0.4, 0.5) is 0 Å². The molecule has 74 heavy (non-hydrogen) atoms. The summed E-state index contributed by atoms with van der Waals surface area (Å²) in [6.45, 7) is 17.7. The minimum Gasteiger partial charge on any atom is -0.437 e. The van der Waals surface area contributed by atoms with E-state index in [2.05, 4.69) is 56.3 Å². The first-order valence-corrected chi connectivity index (χ1v) is 25.9. The molecule has 1 aliphatic rings. The molecular formula is C60H71N9O5. The Balaban J connectivity index is 1.04. The molecule has 1 unspecified atom stereocenters. The van der Waals surface area contributed by atoms with E-state index in [9.17, 15) is 19.2 Å². The molecule has 4 aromatic carbocycles. The molecule has 1 aliphatic heterocycles. The molecule has 0 spiro atoms. The van der Waals surface area contributed by atoms with Crippen molar-refractivity contribution in [3.63, 3.8) is 0 Å². The van der Waals surface area contributed by atoms with Crippen LogP contribution in [0.2, 0.25) is 0 Å². The van der Waals surface area contributed by atoms with Gasteiger partial charge in [-0.3, -0.25) is 38.8 Å². The van der Waals surface area contributed by atoms with Gasteiger partial charge in [-0.05, 0) is 84.8 Å². The summed E-state index contributed by atoms with van der Waals surface area (Å²) >= 11 is 0. The predicted molar refractivity (Wildman–Crippen MR) is 293 cm³/mol. The predicted octanol–water partition coefficient (Wildman–Crippen LogP) is 8.05. The molecule has 4 heterocycles. The third-order valence-corrected chi connectivity index (χ3v) is 13.9. The number of carbonyl (C=O) groups excluding carboxylic acids is 3. The van der Waals surface area contributed by atoms with Crippen LogP contribution in [0.15, 0.2) is 149 Å². The molecule has 3 aromatic heterocycles. The molecule has 14 heteroatoms. The zero-order valence-electron chi connectivity index (χ0n) is 43.7. The monoisotopic (exact) mass is 998 g/mol. The Bertz CT molecular complexity index is 2980. The summed E-state index contributed by atoms with van der Waals surface area (Å²) < 4.78 is 6.26. The van der Waals surface area contributed by atoms with Gasteiger partial charge in [-0.1, -0.05) is 124 Å². The molecule has 8 rings (SSSR count). The number of nitrogens with one attached hydrogen (secondary N) is 3. The summed E-state index contributed by atoms with van der Waals surface area (Å²) in [6.07, 6.45) is 0. The van der Waals surface area contributed by atoms with Gasteiger partial charge in [0, 0.05) is 58.9 Å². The first kappa shape index (κ1) is 53.2. The Hall–Kier alpha value is -7.10. The molecule has 1 fully saturated rings. The van der Waals surface area contributed by atoms with Crippen LogP contribution >= 0.6 is 0 Å². The fourth-order valence-corrected chi connectivity index (χ4v) is 9.44. The lowest BCUT2D eigenvalue weighted by atomic mass is 9.86. The summed E-state index contributed by atoms with van der Waals surface area (Å²) in [5, 5.41) is 10.5. The van der Waals surface area contributed by atoms with Gasteiger partial charge in [0.2, 0.25) is 28.9 Å². The second-order valence-corrected chi connectivity index (χ2v) is 20.7. The second-order valence-electron chi connectivity index (χ2n) is 20.7. The number of hydrogen-bond acceptors (Lipinski definition) is 11. The smallest absolute Gasteiger partial charge is 0.234 e. The summed E-state index contributed by atoms with van der Waals surface area (Å²) in [5.74, 6) is -0.264. The average molecular weight is 998 g/mol. The van der Waals surface area contributed by atoms with Gasteiger partial charge in [-0.2, -0.15) is 0 Å². The third-order valence-electron chi connectivity index (χ3n) is 13.9. The second kappa shape index (κ2) is 24.8. The maximum Gasteiger partial charge on any atom is 0.234 e. The number of benzene rings is 4. The Morgan fingerprint density at radius 3 is 1.39 bits per heavy atom. The Kier molecular flexibility index (Phi) is 17.8. The zero-order valence-corrected chi connectivity index (χ0v) is 43.7. The Labute approximate surface area is 435 Å². The largest absolute Gasteiger partial charge is 0.437 e. The van der Waals surface area contributed by atoms with Gasteiger partial charge in [0.25, 0.3) is 0 Å². The van der Waals surface area contributed by atoms with Crippen LogP contribution in [0.3, 0.4) is 0 Å². The highest BCUT2D eigenvalue weighted by Gasteiger charge is 2.24. The Morgan fingerprint density at radius 2 is 0.946 bits per heavy atom. The van der Waals surface area contributed by atoms with E-state index in [1.54, 1.807) is 6.07 Å². The van der Waals surface area contributed by atoms with E-state index < -0.39 is 0 Å². The van der Waals surface area contributed by atoms with Crippen molar-refractivity contribution in [3.05, 3.63) is 178 Å². The van der Waals surface area contributed by atoms with Crippen molar-refractivity contribution in [2.24, 2.45) is 0 Å². The van der Waals surface area contributed by atoms with E-state index in [0.717, 1.165) is 27.9 Å². The van der Waals surface area contributed by atoms with Gasteiger partial charge < -0.3 is 20.4 Å². The van der Waals surface area contributed by atoms with Crippen molar-refractivity contribution in [2.75, 3.05) is 72.0 Å². The first-order valence-electron chi connectivity index (χ1n) is 25.9. The van der Waals surface area contributed by atoms with Crippen LogP contribution in [0.5, 0.6) is 0 Å². The first-order chi connectivity index (χ1) is 35.6. The fraction of sp³-hybridized carbons (Fsp3) is 0.367. The van der Waals surface area contributed by atoms with Crippen molar-refractivity contribution in [3.8, 4) is 11.4 Å². The fourth-order valence-electron chi connectivity index (χ4n) is 9.44. The molecule has 3 N–H and O–H groups in total. The van der Waals surface area contributed by atoms with Crippen LogP contribution < -0.4 is 21.4 Å². The summed E-state index contributed by atoms with van der Waals surface area (Å²) in [4.78, 5) is 73.9. The molecule has 3 amide bonds. The third kappa shape index (κ3) is 14.6. The lowest BCUT2D eigenvalue weighted by Crippen LogP contribution is -2.50. The van der Waals surface area contributed by atoms with E-state index in [0.29, 0.717) is 86.6 Å². The van der Waals surface area contributed by atoms with Crippen LogP contribution in [0, 0.1) is 0 Å². The number of pyridine rings is 2. The van der Waals surface area contributed by atoms with Gasteiger partial charge in [0.05, 0.1) is 65.6 Å². The van der Waals surface area contributed by atoms with E-state index in [-0.39, 0.29) is 72.0 Å². The molecule has 1 saturated heterocycles. The van der Waals surface area contributed by atoms with Crippen LogP contribution in [-0.4, -0.2) is 119 Å². The van der Waals surface area contributed by atoms with Crippen LogP contribution in [-0.2, 0) is 26.3 Å². The quantitative estimate of drug-likeness (QED) is 0.0855. The standard InChI is InChI=1S/C60H71N9O5/c1-42(45-17-10-7-11-18-45)61-55(70)39-67-31-29-66(38-49-23-16-24-52(64-49)53-27-26-50-58(73)51-37-48(60(4,5)6)25-28-54(51)74-59(50)65-53)30-32-68(40-56(71)62-43(2)46-19-12-8-13-20-46)34-36-69(35-33-67)41-57(72)63-44(3)47-21-14-9-15-22-47/h7-28,37,42-44H,29-36,38-41H2,1-6H3,(H,61,70)(H,62,71)(H,63,72)/t42-,43?,44-/m0/s1. The minimum absolute atomic E-state index is 0.0846. The normalized spacial score (nSPS) is 16.1. The molecule has 386 valence electrons. The van der Waals surface area contributed by atoms with E-state index >= 15 is 0 Å². The highest BCUT2D eigenvalue weighted by atomic mass is 16.3. The molecule has 0 radical (unpaired) electrons. The Morgan fingerprint density at radius 1 is 0.514 bits per heavy atom. The number of fused-ring (bicyclic) bond motifs is 2. The molecule has 3 atom stereocenters. The molecule has 0 saturated carbocycles. The van der Waals surface area contributed by atoms with Crippen LogP contribution in [0.25, 0.3) is 33.5 Å². The number of rotatable bonds is 15. The van der Waals surface area contributed by atoms with Gasteiger partial charge >= 0.3 is 0 Å². The molecule has 14 nitrogen and oxygen atoms in total. The van der Waals surface area contributed by atoms with Gasteiger partial charge in [0.1, 0.15) is 5.58 Å². The molecule has 0 aliphatic carbocycles. The number of nitrogens with zero attached hydrogens (tertiary/aromatic N) is 6. The van der Waals surface area contributed by atoms with Gasteiger partial charge in [0.15, 0.2) is 0 Å². The SMILES string of the molecule is CC(NC(=O)CN1CCN(CC(=O)N[C@@H](C)c2ccccc2)CCN(CC(=O)N[C@@H](C)c2ccccc2)CCN(Cc2cccc(-c3ccc4c(=O)c5cc(C(C)(C)C)ccc5oc4n3)n2)CC1)c1ccccc1. The highest BCUT2D eigenvalue weighted by Crippen LogP contribution is 2.28. The average Bonchev–Trinajstić information content (AvgIpc) is 3.40. The van der Waals surface area contributed by atoms with Crippen molar-refractivity contribution in [1.29, 1.82) is 0 Å². The van der Waals surface area contributed by atoms with E-state index in [1.807, 2.05) is 154 Å².